The Morgan fingerprint density at radius 2 is 1.88 bits per heavy atom. The highest BCUT2D eigenvalue weighted by Crippen LogP contribution is 2.06. The number of carbonyl (C=O) groups is 1. The molecule has 1 amide bonds. The van der Waals surface area contributed by atoms with Crippen LogP contribution in [0.4, 0.5) is 0 Å². The molecular formula is C13H21N3O. The van der Waals surface area contributed by atoms with Gasteiger partial charge in [0.1, 0.15) is 0 Å². The predicted octanol–water partition coefficient (Wildman–Crippen LogP) is 0.388. The maximum Gasteiger partial charge on any atom is 0.236 e. The molecule has 0 radical (unpaired) electrons. The van der Waals surface area contributed by atoms with Crippen molar-refractivity contribution < 1.29 is 4.79 Å². The van der Waals surface area contributed by atoms with Crippen molar-refractivity contribution in [2.45, 2.75) is 0 Å². The van der Waals surface area contributed by atoms with Crippen molar-refractivity contribution in [3.63, 3.8) is 0 Å². The van der Waals surface area contributed by atoms with Crippen molar-refractivity contribution in [1.29, 1.82) is 0 Å². The number of hydrogen-bond acceptors (Lipinski definition) is 3. The summed E-state index contributed by atoms with van der Waals surface area (Å²) in [6.07, 6.45) is 5.58. The molecule has 0 aromatic carbocycles. The van der Waals surface area contributed by atoms with Crippen LogP contribution in [0, 0.1) is 0 Å². The summed E-state index contributed by atoms with van der Waals surface area (Å²) in [6.45, 7) is 11.7. The smallest absolute Gasteiger partial charge is 0.236 e. The van der Waals surface area contributed by atoms with E-state index < -0.39 is 0 Å². The van der Waals surface area contributed by atoms with Gasteiger partial charge in [-0.2, -0.15) is 0 Å². The number of allylic oxidation sites excluding steroid dienone is 2. The molecule has 0 aromatic rings. The summed E-state index contributed by atoms with van der Waals surface area (Å²) in [6, 6.07) is 0. The summed E-state index contributed by atoms with van der Waals surface area (Å²) < 4.78 is 0. The van der Waals surface area contributed by atoms with Gasteiger partial charge in [-0.1, -0.05) is 31.4 Å². The van der Waals surface area contributed by atoms with Crippen molar-refractivity contribution >= 4 is 5.91 Å². The predicted molar refractivity (Wildman–Crippen MR) is 70.6 cm³/mol. The maximum absolute atomic E-state index is 11.4. The molecule has 1 saturated heterocycles. The van der Waals surface area contributed by atoms with E-state index in [0.29, 0.717) is 0 Å². The SMILES string of the molecule is C=C/C=C(\C=C)CN1CCN(C(=O)CN)CC1. The van der Waals surface area contributed by atoms with E-state index in [1.807, 2.05) is 17.1 Å². The number of carbonyl (C=O) groups excluding carboxylic acids is 1. The number of nitrogens with two attached hydrogens (primary N) is 1. The van der Waals surface area contributed by atoms with Crippen LogP contribution in [0.1, 0.15) is 0 Å². The van der Waals surface area contributed by atoms with E-state index in [4.69, 9.17) is 5.73 Å². The van der Waals surface area contributed by atoms with E-state index in [0.717, 1.165) is 38.3 Å². The van der Waals surface area contributed by atoms with Crippen molar-refractivity contribution in [3.05, 3.63) is 37.0 Å². The highest BCUT2D eigenvalue weighted by Gasteiger charge is 2.19. The van der Waals surface area contributed by atoms with Crippen LogP contribution in [-0.2, 0) is 4.79 Å². The zero-order valence-electron chi connectivity index (χ0n) is 10.3. The second kappa shape index (κ2) is 7.04. The Kier molecular flexibility index (Phi) is 5.66. The summed E-state index contributed by atoms with van der Waals surface area (Å²) in [5, 5.41) is 0. The van der Waals surface area contributed by atoms with Crippen molar-refractivity contribution in [2.75, 3.05) is 39.3 Å². The van der Waals surface area contributed by atoms with E-state index >= 15 is 0 Å². The minimum absolute atomic E-state index is 0.0372. The van der Waals surface area contributed by atoms with Crippen LogP contribution in [0.3, 0.4) is 0 Å². The summed E-state index contributed by atoms with van der Waals surface area (Å²) in [5.74, 6) is 0.0372. The number of piperazine rings is 1. The highest BCUT2D eigenvalue weighted by atomic mass is 16.2. The fourth-order valence-corrected chi connectivity index (χ4v) is 1.88. The Hall–Kier alpha value is -1.39. The van der Waals surface area contributed by atoms with Crippen molar-refractivity contribution in [3.8, 4) is 0 Å². The number of nitrogens with zero attached hydrogens (tertiary/aromatic N) is 2. The molecule has 0 atom stereocenters. The van der Waals surface area contributed by atoms with E-state index in [1.54, 1.807) is 6.08 Å². The molecule has 0 aliphatic carbocycles. The number of hydrogen-bond donors (Lipinski definition) is 1. The summed E-state index contributed by atoms with van der Waals surface area (Å²) in [7, 11) is 0. The lowest BCUT2D eigenvalue weighted by Crippen LogP contribution is -2.50. The molecule has 0 aromatic heterocycles. The molecule has 1 rings (SSSR count). The maximum atomic E-state index is 11.4. The van der Waals surface area contributed by atoms with Gasteiger partial charge in [0, 0.05) is 32.7 Å². The minimum atomic E-state index is 0.0372. The summed E-state index contributed by atoms with van der Waals surface area (Å²) in [5.41, 5.74) is 6.49. The molecule has 0 unspecified atom stereocenters. The standard InChI is InChI=1S/C13H21N3O/c1-3-5-12(4-2)11-15-6-8-16(9-7-15)13(17)10-14/h3-5H,1-2,6-11,14H2/b12-5+. The Morgan fingerprint density at radius 1 is 1.24 bits per heavy atom. The zero-order chi connectivity index (χ0) is 12.7. The van der Waals surface area contributed by atoms with Crippen molar-refractivity contribution in [1.82, 2.24) is 9.80 Å². The van der Waals surface area contributed by atoms with Gasteiger partial charge in [0.05, 0.1) is 6.54 Å². The molecule has 94 valence electrons. The molecule has 0 saturated carbocycles. The normalized spacial score (nSPS) is 17.9. The van der Waals surface area contributed by atoms with Gasteiger partial charge in [-0.05, 0) is 5.57 Å². The Balaban J connectivity index is 2.41. The molecule has 0 spiro atoms. The third kappa shape index (κ3) is 4.17. The first-order valence-electron chi connectivity index (χ1n) is 5.85. The quantitative estimate of drug-likeness (QED) is 0.701. The monoisotopic (exact) mass is 235 g/mol. The Labute approximate surface area is 103 Å². The van der Waals surface area contributed by atoms with E-state index in [1.165, 1.54) is 0 Å². The number of rotatable bonds is 5. The average Bonchev–Trinajstić information content (AvgIpc) is 2.38. The molecule has 4 nitrogen and oxygen atoms in total. The van der Waals surface area contributed by atoms with Gasteiger partial charge in [0.15, 0.2) is 0 Å². The molecule has 1 fully saturated rings. The second-order valence-corrected chi connectivity index (χ2v) is 4.04. The second-order valence-electron chi connectivity index (χ2n) is 4.04. The van der Waals surface area contributed by atoms with Gasteiger partial charge >= 0.3 is 0 Å². The van der Waals surface area contributed by atoms with E-state index in [9.17, 15) is 4.79 Å². The summed E-state index contributed by atoms with van der Waals surface area (Å²) in [4.78, 5) is 15.5. The average molecular weight is 235 g/mol. The third-order valence-electron chi connectivity index (χ3n) is 2.90. The largest absolute Gasteiger partial charge is 0.339 e. The van der Waals surface area contributed by atoms with Crippen LogP contribution in [0.5, 0.6) is 0 Å². The van der Waals surface area contributed by atoms with Gasteiger partial charge in [0.25, 0.3) is 0 Å². The molecule has 1 aliphatic rings. The molecule has 4 heteroatoms. The summed E-state index contributed by atoms with van der Waals surface area (Å²) >= 11 is 0. The first kappa shape index (κ1) is 13.7. The van der Waals surface area contributed by atoms with E-state index in [2.05, 4.69) is 18.1 Å². The molecular weight excluding hydrogens is 214 g/mol. The lowest BCUT2D eigenvalue weighted by molar-refractivity contribution is -0.131. The fourth-order valence-electron chi connectivity index (χ4n) is 1.88. The topological polar surface area (TPSA) is 49.6 Å². The van der Waals surface area contributed by atoms with Crippen LogP contribution in [0.25, 0.3) is 0 Å². The van der Waals surface area contributed by atoms with Crippen LogP contribution in [0.15, 0.2) is 37.0 Å². The molecule has 1 aliphatic heterocycles. The van der Waals surface area contributed by atoms with Gasteiger partial charge in [-0.25, -0.2) is 0 Å². The number of amides is 1. The lowest BCUT2D eigenvalue weighted by atomic mass is 10.2. The first-order chi connectivity index (χ1) is 8.21. The molecule has 17 heavy (non-hydrogen) atoms. The van der Waals surface area contributed by atoms with Crippen LogP contribution >= 0.6 is 0 Å². The van der Waals surface area contributed by atoms with Gasteiger partial charge in [0.2, 0.25) is 5.91 Å². The van der Waals surface area contributed by atoms with Crippen molar-refractivity contribution in [2.24, 2.45) is 5.73 Å². The third-order valence-corrected chi connectivity index (χ3v) is 2.90. The molecule has 2 N–H and O–H groups in total. The van der Waals surface area contributed by atoms with Gasteiger partial charge < -0.3 is 10.6 Å². The van der Waals surface area contributed by atoms with Crippen LogP contribution in [0.2, 0.25) is 0 Å². The minimum Gasteiger partial charge on any atom is -0.339 e. The molecule has 0 bridgehead atoms. The van der Waals surface area contributed by atoms with Crippen LogP contribution < -0.4 is 5.73 Å². The Morgan fingerprint density at radius 3 is 2.35 bits per heavy atom. The fraction of sp³-hybridized carbons (Fsp3) is 0.462. The van der Waals surface area contributed by atoms with Gasteiger partial charge in [-0.3, -0.25) is 9.69 Å². The highest BCUT2D eigenvalue weighted by molar-refractivity contribution is 5.78. The lowest BCUT2D eigenvalue weighted by Gasteiger charge is -2.34. The zero-order valence-corrected chi connectivity index (χ0v) is 10.3. The van der Waals surface area contributed by atoms with Gasteiger partial charge in [-0.15, -0.1) is 0 Å². The first-order valence-corrected chi connectivity index (χ1v) is 5.85. The van der Waals surface area contributed by atoms with E-state index in [-0.39, 0.29) is 12.5 Å². The van der Waals surface area contributed by atoms with Crippen LogP contribution in [-0.4, -0.2) is 55.0 Å². The molecule has 1 heterocycles. The Bertz CT molecular complexity index is 315.